The summed E-state index contributed by atoms with van der Waals surface area (Å²) >= 11 is 1.91. The van der Waals surface area contributed by atoms with E-state index in [0.29, 0.717) is 0 Å². The molecule has 0 aliphatic heterocycles. The van der Waals surface area contributed by atoms with Gasteiger partial charge in [-0.2, -0.15) is 0 Å². The topological polar surface area (TPSA) is 9.86 Å². The third kappa shape index (κ3) is 3.24. The number of para-hydroxylation sites is 3. The maximum absolute atomic E-state index is 2.46. The molecule has 3 aromatic heterocycles. The third-order valence-electron chi connectivity index (χ3n) is 8.32. The van der Waals surface area contributed by atoms with Crippen molar-refractivity contribution in [3.05, 3.63) is 146 Å². The fourth-order valence-corrected chi connectivity index (χ4v) is 7.93. The van der Waals surface area contributed by atoms with E-state index in [4.69, 9.17) is 0 Å². The summed E-state index contributed by atoms with van der Waals surface area (Å²) in [5.74, 6) is 0. The van der Waals surface area contributed by atoms with Crippen LogP contribution in [0.4, 0.5) is 0 Å². The zero-order valence-corrected chi connectivity index (χ0v) is 23.0. The van der Waals surface area contributed by atoms with E-state index in [1.165, 1.54) is 75.5 Å². The van der Waals surface area contributed by atoms with Crippen LogP contribution in [0.3, 0.4) is 0 Å². The van der Waals surface area contributed by atoms with Gasteiger partial charge in [-0.1, -0.05) is 103 Å². The molecule has 9 rings (SSSR count). The largest absolute Gasteiger partial charge is 0.308 e. The molecule has 2 nitrogen and oxygen atoms in total. The van der Waals surface area contributed by atoms with Gasteiger partial charge in [0.25, 0.3) is 0 Å². The first-order valence-electron chi connectivity index (χ1n) is 14.0. The smallest absolute Gasteiger partial charge is 0.109 e. The fraction of sp³-hybridized carbons (Fsp3) is 0. The number of hydrogen-bond donors (Lipinski definition) is 0. The number of fused-ring (bicyclic) bond motifs is 9. The van der Waals surface area contributed by atoms with Crippen LogP contribution in [0.5, 0.6) is 0 Å². The van der Waals surface area contributed by atoms with Crippen molar-refractivity contribution in [3.8, 4) is 22.5 Å². The van der Waals surface area contributed by atoms with E-state index in [1.807, 2.05) is 11.3 Å². The molecule has 0 aliphatic carbocycles. The number of hydrogen-bond acceptors (Lipinski definition) is 1. The van der Waals surface area contributed by atoms with Gasteiger partial charge < -0.3 is 9.13 Å². The molecule has 0 N–H and O–H groups in total. The first-order valence-corrected chi connectivity index (χ1v) is 14.8. The second-order valence-electron chi connectivity index (χ2n) is 10.6. The highest BCUT2D eigenvalue weighted by molar-refractivity contribution is 7.26. The number of rotatable bonds is 3. The van der Waals surface area contributed by atoms with Gasteiger partial charge in [-0.05, 0) is 53.6 Å². The summed E-state index contributed by atoms with van der Waals surface area (Å²) in [7, 11) is 0. The average molecular weight is 541 g/mol. The van der Waals surface area contributed by atoms with Crippen molar-refractivity contribution in [1.29, 1.82) is 0 Å². The number of benzene rings is 6. The first-order chi connectivity index (χ1) is 20.4. The van der Waals surface area contributed by atoms with Crippen LogP contribution in [0.15, 0.2) is 146 Å². The minimum absolute atomic E-state index is 1.18. The molecule has 9 aromatic rings. The Morgan fingerprint density at radius 2 is 1.02 bits per heavy atom. The molecule has 0 saturated carbocycles. The standard InChI is InChI=1S/C38H24N2S/c1-4-12-25(13-5-1)26-20-23-34-32(24-26)29-21-22-31-35-30-18-10-11-19-33(30)40(28-16-8-3-9-17-28)38(35)41-37(31)36(29)39(34)27-14-6-2-7-15-27/h1-24H. The van der Waals surface area contributed by atoms with Gasteiger partial charge in [-0.15, -0.1) is 11.3 Å². The van der Waals surface area contributed by atoms with Gasteiger partial charge in [0, 0.05) is 38.3 Å². The van der Waals surface area contributed by atoms with Crippen LogP contribution in [-0.4, -0.2) is 9.13 Å². The van der Waals surface area contributed by atoms with Gasteiger partial charge in [0.05, 0.1) is 21.3 Å². The second-order valence-corrected chi connectivity index (χ2v) is 11.6. The predicted molar refractivity (Wildman–Crippen MR) is 176 cm³/mol. The van der Waals surface area contributed by atoms with E-state index in [-0.39, 0.29) is 0 Å². The monoisotopic (exact) mass is 540 g/mol. The molecule has 3 heterocycles. The highest BCUT2D eigenvalue weighted by Crippen LogP contribution is 2.47. The van der Waals surface area contributed by atoms with Crippen LogP contribution in [0.25, 0.3) is 75.5 Å². The van der Waals surface area contributed by atoms with E-state index in [2.05, 4.69) is 155 Å². The minimum atomic E-state index is 1.18. The van der Waals surface area contributed by atoms with E-state index >= 15 is 0 Å². The highest BCUT2D eigenvalue weighted by Gasteiger charge is 2.22. The Hall–Kier alpha value is -5.12. The van der Waals surface area contributed by atoms with Crippen LogP contribution in [0, 0.1) is 0 Å². The number of aromatic nitrogens is 2. The summed E-state index contributed by atoms with van der Waals surface area (Å²) in [4.78, 5) is 1.29. The third-order valence-corrected chi connectivity index (χ3v) is 9.52. The van der Waals surface area contributed by atoms with Crippen LogP contribution in [-0.2, 0) is 0 Å². The van der Waals surface area contributed by atoms with Crippen molar-refractivity contribution >= 4 is 64.3 Å². The SMILES string of the molecule is c1ccc(-c2ccc3c(c2)c2ccc4c(sc5c4c4ccccc4n5-c4ccccc4)c2n3-c2ccccc2)cc1. The molecule has 0 radical (unpaired) electrons. The Balaban J connectivity index is 1.46. The lowest BCUT2D eigenvalue weighted by atomic mass is 10.0. The molecular formula is C38H24N2S. The van der Waals surface area contributed by atoms with Crippen molar-refractivity contribution in [3.63, 3.8) is 0 Å². The van der Waals surface area contributed by atoms with Gasteiger partial charge in [-0.25, -0.2) is 0 Å². The molecule has 41 heavy (non-hydrogen) atoms. The number of nitrogens with zero attached hydrogens (tertiary/aromatic N) is 2. The fourth-order valence-electron chi connectivity index (χ4n) is 6.54. The maximum Gasteiger partial charge on any atom is 0.109 e. The maximum atomic E-state index is 2.46. The Labute approximate surface area is 240 Å². The zero-order valence-electron chi connectivity index (χ0n) is 22.2. The van der Waals surface area contributed by atoms with Gasteiger partial charge >= 0.3 is 0 Å². The first kappa shape index (κ1) is 22.7. The Morgan fingerprint density at radius 3 is 1.78 bits per heavy atom. The molecule has 0 atom stereocenters. The molecule has 192 valence electrons. The van der Waals surface area contributed by atoms with E-state index in [0.717, 1.165) is 0 Å². The van der Waals surface area contributed by atoms with Crippen LogP contribution in [0.1, 0.15) is 0 Å². The molecule has 0 aliphatic rings. The summed E-state index contributed by atoms with van der Waals surface area (Å²) in [5.41, 5.74) is 8.60. The van der Waals surface area contributed by atoms with E-state index < -0.39 is 0 Å². The van der Waals surface area contributed by atoms with Crippen molar-refractivity contribution in [2.24, 2.45) is 0 Å². The Kier molecular flexibility index (Phi) is 4.80. The summed E-state index contributed by atoms with van der Waals surface area (Å²) < 4.78 is 6.22. The van der Waals surface area contributed by atoms with Crippen LogP contribution < -0.4 is 0 Å². The van der Waals surface area contributed by atoms with Crippen LogP contribution in [0.2, 0.25) is 0 Å². The summed E-state index contributed by atoms with van der Waals surface area (Å²) in [5, 5.41) is 6.51. The molecule has 0 fully saturated rings. The molecule has 0 bridgehead atoms. The Bertz CT molecular complexity index is 2390. The minimum Gasteiger partial charge on any atom is -0.308 e. The molecule has 3 heteroatoms. The molecule has 0 spiro atoms. The van der Waals surface area contributed by atoms with Gasteiger partial charge in [0.1, 0.15) is 4.83 Å². The quantitative estimate of drug-likeness (QED) is 0.211. The summed E-state index contributed by atoms with van der Waals surface area (Å²) in [6, 6.07) is 52.6. The second kappa shape index (κ2) is 8.69. The lowest BCUT2D eigenvalue weighted by molar-refractivity contribution is 1.19. The zero-order chi connectivity index (χ0) is 26.9. The van der Waals surface area contributed by atoms with Gasteiger partial charge in [-0.3, -0.25) is 0 Å². The summed E-state index contributed by atoms with van der Waals surface area (Å²) in [6.07, 6.45) is 0. The van der Waals surface area contributed by atoms with Gasteiger partial charge in [0.2, 0.25) is 0 Å². The molecule has 6 aromatic carbocycles. The van der Waals surface area contributed by atoms with Crippen molar-refractivity contribution < 1.29 is 0 Å². The molecule has 0 unspecified atom stereocenters. The molecular weight excluding hydrogens is 516 g/mol. The number of thiophene rings is 1. The molecule has 0 amide bonds. The van der Waals surface area contributed by atoms with E-state index in [9.17, 15) is 0 Å². The normalized spacial score (nSPS) is 11.9. The van der Waals surface area contributed by atoms with E-state index in [1.54, 1.807) is 0 Å². The van der Waals surface area contributed by atoms with Crippen LogP contribution >= 0.6 is 11.3 Å². The highest BCUT2D eigenvalue weighted by atomic mass is 32.1. The van der Waals surface area contributed by atoms with Crippen molar-refractivity contribution in [2.75, 3.05) is 0 Å². The lowest BCUT2D eigenvalue weighted by Crippen LogP contribution is -1.93. The predicted octanol–water partition coefficient (Wildman–Crippen LogP) is 10.8. The summed E-state index contributed by atoms with van der Waals surface area (Å²) in [6.45, 7) is 0. The van der Waals surface area contributed by atoms with Gasteiger partial charge in [0.15, 0.2) is 0 Å². The average Bonchev–Trinajstić information content (AvgIpc) is 3.69. The lowest BCUT2D eigenvalue weighted by Gasteiger charge is -2.09. The Morgan fingerprint density at radius 1 is 0.415 bits per heavy atom. The van der Waals surface area contributed by atoms with Crippen molar-refractivity contribution in [2.45, 2.75) is 0 Å². The molecule has 0 saturated heterocycles. The van der Waals surface area contributed by atoms with Crippen molar-refractivity contribution in [1.82, 2.24) is 9.13 Å².